The van der Waals surface area contributed by atoms with Crippen molar-refractivity contribution in [1.82, 2.24) is 0 Å². The summed E-state index contributed by atoms with van der Waals surface area (Å²) in [5.74, 6) is -3.89. The summed E-state index contributed by atoms with van der Waals surface area (Å²) in [7, 11) is 1.25. The van der Waals surface area contributed by atoms with Crippen LogP contribution in [0, 0.1) is 11.6 Å². The lowest BCUT2D eigenvalue weighted by Gasteiger charge is -2.13. The maximum absolute atomic E-state index is 14.0. The van der Waals surface area contributed by atoms with Gasteiger partial charge in [-0.1, -0.05) is 30.3 Å². The molecule has 3 rings (SSSR count). The summed E-state index contributed by atoms with van der Waals surface area (Å²) in [6.45, 7) is -3.15. The molecule has 0 atom stereocenters. The molecule has 6 nitrogen and oxygen atoms in total. The second kappa shape index (κ2) is 11.0. The van der Waals surface area contributed by atoms with Gasteiger partial charge in [-0.25, -0.2) is 8.78 Å². The summed E-state index contributed by atoms with van der Waals surface area (Å²) in [4.78, 5) is 25.8. The summed E-state index contributed by atoms with van der Waals surface area (Å²) in [6, 6.07) is 14.3. The molecule has 0 saturated carbocycles. The summed E-state index contributed by atoms with van der Waals surface area (Å²) >= 11 is 0. The number of carbonyl (C=O) groups is 2. The highest BCUT2D eigenvalue weighted by atomic mass is 19.3. The molecule has 0 heterocycles. The quantitative estimate of drug-likeness (QED) is 0.203. The molecule has 0 unspecified atom stereocenters. The molecule has 0 aromatic heterocycles. The van der Waals surface area contributed by atoms with Crippen LogP contribution >= 0.6 is 0 Å². The molecular weight excluding hydrogens is 456 g/mol. The van der Waals surface area contributed by atoms with Crippen molar-refractivity contribution >= 4 is 29.3 Å². The molecule has 10 heteroatoms. The normalized spacial score (nSPS) is 10.4. The Kier molecular flexibility index (Phi) is 7.86. The van der Waals surface area contributed by atoms with E-state index in [0.717, 1.165) is 24.3 Å². The monoisotopic (exact) mass is 474 g/mol. The highest BCUT2D eigenvalue weighted by Gasteiger charge is 2.21. The van der Waals surface area contributed by atoms with Crippen molar-refractivity contribution in [2.24, 2.45) is 0 Å². The van der Waals surface area contributed by atoms with E-state index >= 15 is 0 Å². The van der Waals surface area contributed by atoms with Crippen LogP contribution in [0.2, 0.25) is 0 Å². The van der Waals surface area contributed by atoms with Crippen molar-refractivity contribution < 1.29 is 36.6 Å². The van der Waals surface area contributed by atoms with Crippen LogP contribution in [0.15, 0.2) is 72.3 Å². The topological polar surface area (TPSA) is 76.7 Å². The average molecular weight is 474 g/mol. The van der Waals surface area contributed by atoms with Gasteiger partial charge in [0.05, 0.1) is 18.5 Å². The smallest absolute Gasteiger partial charge is 0.387 e. The van der Waals surface area contributed by atoms with E-state index in [1.807, 2.05) is 0 Å². The van der Waals surface area contributed by atoms with Crippen LogP contribution in [0.1, 0.15) is 5.56 Å². The number of rotatable bonds is 8. The van der Waals surface area contributed by atoms with E-state index in [1.54, 1.807) is 0 Å². The van der Waals surface area contributed by atoms with E-state index in [1.165, 1.54) is 55.6 Å². The summed E-state index contributed by atoms with van der Waals surface area (Å²) < 4.78 is 62.9. The number of nitrogens with one attached hydrogen (secondary N) is 2. The van der Waals surface area contributed by atoms with E-state index in [9.17, 15) is 27.2 Å². The highest BCUT2D eigenvalue weighted by Crippen LogP contribution is 2.30. The Labute approximate surface area is 191 Å². The average Bonchev–Trinajstić information content (AvgIpc) is 2.80. The van der Waals surface area contributed by atoms with E-state index in [-0.39, 0.29) is 28.4 Å². The van der Waals surface area contributed by atoms with Crippen molar-refractivity contribution in [3.63, 3.8) is 0 Å². The Balaban J connectivity index is 2.00. The van der Waals surface area contributed by atoms with Crippen LogP contribution < -0.4 is 20.1 Å². The number of carbonyl (C=O) groups excluding carboxylic acids is 2. The first kappa shape index (κ1) is 24.3. The first-order valence-electron chi connectivity index (χ1n) is 9.74. The Morgan fingerprint density at radius 3 is 1.82 bits per heavy atom. The van der Waals surface area contributed by atoms with Gasteiger partial charge in [-0.15, -0.1) is 0 Å². The van der Waals surface area contributed by atoms with Gasteiger partial charge in [0.2, 0.25) is 0 Å². The molecule has 0 radical (unpaired) electrons. The van der Waals surface area contributed by atoms with Gasteiger partial charge in [0, 0.05) is 0 Å². The van der Waals surface area contributed by atoms with Gasteiger partial charge in [0.1, 0.15) is 17.2 Å². The molecule has 34 heavy (non-hydrogen) atoms. The number of benzene rings is 3. The van der Waals surface area contributed by atoms with E-state index in [2.05, 4.69) is 15.4 Å². The van der Waals surface area contributed by atoms with Crippen LogP contribution in [-0.4, -0.2) is 25.5 Å². The van der Waals surface area contributed by atoms with Crippen LogP contribution in [-0.2, 0) is 9.59 Å². The summed E-state index contributed by atoms with van der Waals surface area (Å²) in [5, 5.41) is 4.54. The number of halogens is 4. The number of anilines is 2. The van der Waals surface area contributed by atoms with Gasteiger partial charge in [-0.2, -0.15) is 8.78 Å². The molecule has 0 fully saturated rings. The fraction of sp³-hybridized carbons (Fsp3) is 0.0833. The zero-order valence-electron chi connectivity index (χ0n) is 17.7. The molecule has 2 amide bonds. The van der Waals surface area contributed by atoms with Gasteiger partial charge in [0.15, 0.2) is 11.5 Å². The van der Waals surface area contributed by atoms with Crippen LogP contribution in [0.5, 0.6) is 11.5 Å². The minimum Gasteiger partial charge on any atom is -0.493 e. The van der Waals surface area contributed by atoms with Crippen LogP contribution in [0.4, 0.5) is 28.9 Å². The molecule has 0 aliphatic heterocycles. The standard InChI is InChI=1S/C24H18F4N2O4/c1-33-20-11-10-14(13-21(20)34-24(27)28)12-15(22(31)29-18-8-4-2-6-16(18)25)23(32)30-19-9-5-3-7-17(19)26/h2-13,24H,1H3,(H,29,31)(H,30,32). The lowest BCUT2D eigenvalue weighted by atomic mass is 10.1. The predicted molar refractivity (Wildman–Crippen MR) is 118 cm³/mol. The number of alkyl halides is 2. The van der Waals surface area contributed by atoms with Crippen molar-refractivity contribution in [3.05, 3.63) is 89.5 Å². The van der Waals surface area contributed by atoms with E-state index in [0.29, 0.717) is 0 Å². The largest absolute Gasteiger partial charge is 0.493 e. The van der Waals surface area contributed by atoms with Gasteiger partial charge in [-0.3, -0.25) is 9.59 Å². The van der Waals surface area contributed by atoms with E-state index < -0.39 is 35.6 Å². The number of hydrogen-bond acceptors (Lipinski definition) is 4. The molecular formula is C24H18F4N2O4. The Morgan fingerprint density at radius 2 is 1.35 bits per heavy atom. The SMILES string of the molecule is COc1ccc(C=C(C(=O)Nc2ccccc2F)C(=O)Nc2ccccc2F)cc1OC(F)F. The maximum Gasteiger partial charge on any atom is 0.387 e. The molecule has 176 valence electrons. The minimum absolute atomic E-state index is 0.00869. The first-order valence-corrected chi connectivity index (χ1v) is 9.74. The number of methoxy groups -OCH3 is 1. The Hall–Kier alpha value is -4.34. The van der Waals surface area contributed by atoms with Crippen molar-refractivity contribution in [2.45, 2.75) is 6.61 Å². The summed E-state index contributed by atoms with van der Waals surface area (Å²) in [6.07, 6.45) is 1.06. The van der Waals surface area contributed by atoms with Crippen LogP contribution in [0.25, 0.3) is 6.08 Å². The number of hydrogen-bond donors (Lipinski definition) is 2. The third-order valence-electron chi connectivity index (χ3n) is 4.45. The molecule has 0 bridgehead atoms. The zero-order chi connectivity index (χ0) is 24.7. The van der Waals surface area contributed by atoms with Crippen molar-refractivity contribution in [3.8, 4) is 11.5 Å². The molecule has 3 aromatic rings. The van der Waals surface area contributed by atoms with Gasteiger partial charge in [-0.05, 0) is 48.0 Å². The van der Waals surface area contributed by atoms with E-state index in [4.69, 9.17) is 4.74 Å². The second-order valence-corrected chi connectivity index (χ2v) is 6.71. The number of para-hydroxylation sites is 2. The predicted octanol–water partition coefficient (Wildman–Crippen LogP) is 5.24. The highest BCUT2D eigenvalue weighted by molar-refractivity contribution is 6.28. The second-order valence-electron chi connectivity index (χ2n) is 6.71. The third kappa shape index (κ3) is 6.12. The molecule has 0 aliphatic rings. The van der Waals surface area contributed by atoms with Crippen molar-refractivity contribution in [2.75, 3.05) is 17.7 Å². The fourth-order valence-electron chi connectivity index (χ4n) is 2.88. The molecule has 0 spiro atoms. The molecule has 2 N–H and O–H groups in total. The lowest BCUT2D eigenvalue weighted by molar-refractivity contribution is -0.118. The number of ether oxygens (including phenoxy) is 2. The summed E-state index contributed by atoms with van der Waals surface area (Å²) in [5.41, 5.74) is -0.847. The zero-order valence-corrected chi connectivity index (χ0v) is 17.7. The Morgan fingerprint density at radius 1 is 0.824 bits per heavy atom. The van der Waals surface area contributed by atoms with Gasteiger partial charge in [0.25, 0.3) is 11.8 Å². The maximum atomic E-state index is 14.0. The van der Waals surface area contributed by atoms with Gasteiger partial charge < -0.3 is 20.1 Å². The molecule has 0 aliphatic carbocycles. The minimum atomic E-state index is -3.15. The molecule has 3 aromatic carbocycles. The molecule has 0 saturated heterocycles. The van der Waals surface area contributed by atoms with Crippen molar-refractivity contribution in [1.29, 1.82) is 0 Å². The lowest BCUT2D eigenvalue weighted by Crippen LogP contribution is -2.26. The Bertz CT molecular complexity index is 1170. The third-order valence-corrected chi connectivity index (χ3v) is 4.45. The van der Waals surface area contributed by atoms with Crippen LogP contribution in [0.3, 0.4) is 0 Å². The fourth-order valence-corrected chi connectivity index (χ4v) is 2.88. The number of amides is 2. The van der Waals surface area contributed by atoms with Gasteiger partial charge >= 0.3 is 6.61 Å². The first-order chi connectivity index (χ1) is 16.3.